The third kappa shape index (κ3) is 32.1. The maximum atomic E-state index is 5.52. The lowest BCUT2D eigenvalue weighted by Crippen LogP contribution is -2.52. The quantitative estimate of drug-likeness (QED) is 0.181. The Bertz CT molecular complexity index is 637. The molecule has 1 aliphatic rings. The van der Waals surface area contributed by atoms with Gasteiger partial charge in [-0.3, -0.25) is 19.6 Å². The predicted octanol–water partition coefficient (Wildman–Crippen LogP) is 6.74. The third-order valence-electron chi connectivity index (χ3n) is 8.73. The van der Waals surface area contributed by atoms with E-state index in [2.05, 4.69) is 128 Å². The fourth-order valence-electron chi connectivity index (χ4n) is 5.28. The van der Waals surface area contributed by atoms with Crippen LogP contribution in [0.1, 0.15) is 130 Å². The maximum absolute atomic E-state index is 5.52. The summed E-state index contributed by atoms with van der Waals surface area (Å²) >= 11 is 0. The molecule has 0 aliphatic carbocycles. The van der Waals surface area contributed by atoms with Crippen LogP contribution in [-0.4, -0.2) is 160 Å². The number of nitrogens with zero attached hydrogens (tertiary/aromatic N) is 5. The van der Waals surface area contributed by atoms with Gasteiger partial charge in [0.25, 0.3) is 0 Å². The minimum atomic E-state index is 0. The number of likely N-dealkylation sites (N-methyl/N-ethyl adjacent to an activating group) is 1. The Labute approximate surface area is 310 Å². The summed E-state index contributed by atoms with van der Waals surface area (Å²) in [6.07, 6.45) is 4.88. The van der Waals surface area contributed by atoms with E-state index in [1.807, 2.05) is 0 Å². The van der Waals surface area contributed by atoms with Crippen molar-refractivity contribution in [1.29, 1.82) is 0 Å². The van der Waals surface area contributed by atoms with Gasteiger partial charge in [-0.15, -0.1) is 0 Å². The normalized spacial score (nSPS) is 14.8. The Kier molecular flexibility index (Phi) is 34.1. The van der Waals surface area contributed by atoms with Crippen molar-refractivity contribution >= 4 is 0 Å². The second kappa shape index (κ2) is 30.1. The van der Waals surface area contributed by atoms with Crippen molar-refractivity contribution < 1.29 is 9.47 Å². The lowest BCUT2D eigenvalue weighted by atomic mass is 10.0. The van der Waals surface area contributed by atoms with Gasteiger partial charge in [0.1, 0.15) is 0 Å². The van der Waals surface area contributed by atoms with Crippen LogP contribution in [0.5, 0.6) is 0 Å². The first-order chi connectivity index (χ1) is 22.1. The molecule has 1 rings (SSSR count). The molecule has 302 valence electrons. The van der Waals surface area contributed by atoms with Gasteiger partial charge in [0.2, 0.25) is 0 Å². The maximum Gasteiger partial charge on any atom is 0.0589 e. The smallest absolute Gasteiger partial charge is 0.0589 e. The molecule has 0 saturated carbocycles. The molecule has 1 saturated heterocycles. The average Bonchev–Trinajstić information content (AvgIpc) is 2.96. The summed E-state index contributed by atoms with van der Waals surface area (Å²) in [6.45, 7) is 45.9. The molecule has 4 N–H and O–H groups in total. The molecule has 0 atom stereocenters. The topological polar surface area (TPSA) is 86.7 Å². The molecule has 0 radical (unpaired) electrons. The first-order valence-corrected chi connectivity index (χ1v) is 19.1. The van der Waals surface area contributed by atoms with Gasteiger partial charge in [-0.2, -0.15) is 0 Å². The van der Waals surface area contributed by atoms with E-state index in [4.69, 9.17) is 20.9 Å². The summed E-state index contributed by atoms with van der Waals surface area (Å²) in [6, 6.07) is 0. The average molecular weight is 706 g/mol. The van der Waals surface area contributed by atoms with Gasteiger partial charge in [-0.1, -0.05) is 27.7 Å². The number of methoxy groups -OCH3 is 2. The van der Waals surface area contributed by atoms with Crippen LogP contribution in [0, 0.1) is 0 Å². The highest BCUT2D eigenvalue weighted by Gasteiger charge is 2.24. The second-order valence-corrected chi connectivity index (χ2v) is 17.2. The number of ether oxygens (including phenoxy) is 2. The molecule has 1 aliphatic heterocycles. The number of nitrogens with two attached hydrogens (primary N) is 2. The highest BCUT2D eigenvalue weighted by atomic mass is 16.5. The zero-order valence-electron chi connectivity index (χ0n) is 35.9. The molecule has 0 aromatic carbocycles. The Morgan fingerprint density at radius 2 is 0.918 bits per heavy atom. The molecule has 1 fully saturated rings. The molecule has 0 aromatic rings. The van der Waals surface area contributed by atoms with Crippen LogP contribution in [0.4, 0.5) is 0 Å². The van der Waals surface area contributed by atoms with Crippen molar-refractivity contribution in [3.63, 3.8) is 0 Å². The highest BCUT2D eigenvalue weighted by molar-refractivity contribution is 4.81. The van der Waals surface area contributed by atoms with Crippen LogP contribution in [0.3, 0.4) is 0 Å². The molecule has 0 spiro atoms. The first-order valence-electron chi connectivity index (χ1n) is 19.1. The summed E-state index contributed by atoms with van der Waals surface area (Å²) in [4.78, 5) is 12.3. The lowest BCUT2D eigenvalue weighted by Gasteiger charge is -2.41. The van der Waals surface area contributed by atoms with Gasteiger partial charge in [0.05, 0.1) is 13.2 Å². The number of hydrogen-bond donors (Lipinski definition) is 2. The zero-order chi connectivity index (χ0) is 38.0. The first kappa shape index (κ1) is 55.4. The van der Waals surface area contributed by atoms with E-state index in [-0.39, 0.29) is 18.5 Å². The molecule has 0 unspecified atom stereocenters. The van der Waals surface area contributed by atoms with E-state index in [1.54, 1.807) is 14.2 Å². The van der Waals surface area contributed by atoms with Crippen LogP contribution in [-0.2, 0) is 9.47 Å². The van der Waals surface area contributed by atoms with Crippen molar-refractivity contribution in [2.24, 2.45) is 11.5 Å². The second-order valence-electron chi connectivity index (χ2n) is 17.2. The van der Waals surface area contributed by atoms with Crippen LogP contribution in [0.15, 0.2) is 0 Å². The SMILES string of the molecule is C.CCCCN(CCCN)C(C)(C)C.CCCN(CCN)C(C)(C)C.CN1CCN(C(C)(C)C)CC1.COCCN(CCOC)C(C)(C)C. The van der Waals surface area contributed by atoms with Crippen molar-refractivity contribution in [1.82, 2.24) is 24.5 Å². The van der Waals surface area contributed by atoms with Gasteiger partial charge in [-0.05, 0) is 136 Å². The van der Waals surface area contributed by atoms with E-state index in [9.17, 15) is 0 Å². The summed E-state index contributed by atoms with van der Waals surface area (Å²) in [7, 11) is 5.66. The van der Waals surface area contributed by atoms with Crippen molar-refractivity contribution in [3.05, 3.63) is 0 Å². The van der Waals surface area contributed by atoms with E-state index < -0.39 is 0 Å². The van der Waals surface area contributed by atoms with Gasteiger partial charge in [-0.25, -0.2) is 0 Å². The monoisotopic (exact) mass is 706 g/mol. The zero-order valence-corrected chi connectivity index (χ0v) is 35.9. The standard InChI is InChI=1S/C11H26N2.C10H23NO2.C9H20N2.C9H22N2.CH4/c1-5-6-9-13(10-7-8-12)11(2,3)4;1-10(2,3)11(6-8-12-4)7-9-13-5;1-9(2,3)11-7-5-10(4)6-8-11;1-5-7-11(8-6-10)9(2,3)4;/h5-10,12H2,1-4H3;6-9H2,1-5H3;5-8H2,1-4H3;5-8,10H2,1-4H3;1H4. The molecule has 0 aromatic heterocycles. The Hall–Kier alpha value is -0.360. The van der Waals surface area contributed by atoms with Gasteiger partial charge < -0.3 is 25.8 Å². The van der Waals surface area contributed by atoms with Crippen molar-refractivity contribution in [2.45, 2.75) is 152 Å². The Morgan fingerprint density at radius 1 is 0.531 bits per heavy atom. The van der Waals surface area contributed by atoms with E-state index >= 15 is 0 Å². The molecule has 49 heavy (non-hydrogen) atoms. The fraction of sp³-hybridized carbons (Fsp3) is 1.00. The molecular formula is C40H95N7O2. The van der Waals surface area contributed by atoms with Crippen LogP contribution < -0.4 is 11.5 Å². The molecule has 9 heteroatoms. The number of piperazine rings is 1. The summed E-state index contributed by atoms with van der Waals surface area (Å²) in [5.74, 6) is 0. The van der Waals surface area contributed by atoms with Gasteiger partial charge >= 0.3 is 0 Å². The summed E-state index contributed by atoms with van der Waals surface area (Å²) < 4.78 is 10.1. The van der Waals surface area contributed by atoms with Gasteiger partial charge in [0, 0.05) is 88.7 Å². The molecule has 1 heterocycles. The highest BCUT2D eigenvalue weighted by Crippen LogP contribution is 2.16. The number of rotatable bonds is 16. The Balaban J connectivity index is -0.000000274. The molecule has 9 nitrogen and oxygen atoms in total. The number of hydrogen-bond acceptors (Lipinski definition) is 9. The van der Waals surface area contributed by atoms with E-state index in [0.29, 0.717) is 11.1 Å². The minimum absolute atomic E-state index is 0. The largest absolute Gasteiger partial charge is 0.383 e. The minimum Gasteiger partial charge on any atom is -0.383 e. The van der Waals surface area contributed by atoms with Crippen LogP contribution >= 0.6 is 0 Å². The lowest BCUT2D eigenvalue weighted by molar-refractivity contribution is 0.0597. The number of unbranched alkanes of at least 4 members (excludes halogenated alkanes) is 1. The van der Waals surface area contributed by atoms with E-state index in [0.717, 1.165) is 65.4 Å². The fourth-order valence-corrected chi connectivity index (χ4v) is 5.28. The van der Waals surface area contributed by atoms with Gasteiger partial charge in [0.15, 0.2) is 0 Å². The molecular weight excluding hydrogens is 610 g/mol. The molecule has 0 amide bonds. The predicted molar refractivity (Wildman–Crippen MR) is 221 cm³/mol. The van der Waals surface area contributed by atoms with Crippen LogP contribution in [0.2, 0.25) is 0 Å². The van der Waals surface area contributed by atoms with Crippen molar-refractivity contribution in [3.8, 4) is 0 Å². The van der Waals surface area contributed by atoms with Crippen molar-refractivity contribution in [2.75, 3.05) is 113 Å². The molecule has 0 bridgehead atoms. The van der Waals surface area contributed by atoms with Crippen LogP contribution in [0.25, 0.3) is 0 Å². The summed E-state index contributed by atoms with van der Waals surface area (Å²) in [5, 5.41) is 0. The van der Waals surface area contributed by atoms with E-state index in [1.165, 1.54) is 52.0 Å². The summed E-state index contributed by atoms with van der Waals surface area (Å²) in [5.41, 5.74) is 12.2. The third-order valence-corrected chi connectivity index (χ3v) is 8.73. The Morgan fingerprint density at radius 3 is 1.22 bits per heavy atom.